The van der Waals surface area contributed by atoms with Crippen LogP contribution in [0, 0.1) is 19.8 Å². The number of pyridine rings is 1. The van der Waals surface area contributed by atoms with Crippen molar-refractivity contribution in [3.63, 3.8) is 0 Å². The first-order valence-corrected chi connectivity index (χ1v) is 8.42. The summed E-state index contributed by atoms with van der Waals surface area (Å²) in [6.45, 7) is 7.87. The lowest BCUT2D eigenvalue weighted by Gasteiger charge is -2.31. The Kier molecular flexibility index (Phi) is 4.83. The smallest absolute Gasteiger partial charge is 0.189 e. The van der Waals surface area contributed by atoms with E-state index in [9.17, 15) is 4.79 Å². The fraction of sp³-hybridized carbons (Fsp3) is 0.526. The Morgan fingerprint density at radius 3 is 2.61 bits per heavy atom. The van der Waals surface area contributed by atoms with Crippen LogP contribution in [0.5, 0.6) is 0 Å². The van der Waals surface area contributed by atoms with Crippen molar-refractivity contribution in [3.05, 3.63) is 45.2 Å². The van der Waals surface area contributed by atoms with Crippen LogP contribution in [0.25, 0.3) is 10.9 Å². The molecule has 0 aliphatic carbocycles. The molecule has 0 unspecified atom stereocenters. The van der Waals surface area contributed by atoms with Crippen LogP contribution in [0.4, 0.5) is 0 Å². The molecule has 1 aromatic heterocycles. The monoisotopic (exact) mass is 314 g/mol. The maximum absolute atomic E-state index is 12.5. The molecule has 1 aromatic carbocycles. The molecule has 0 amide bonds. The van der Waals surface area contributed by atoms with E-state index in [4.69, 9.17) is 4.74 Å². The summed E-state index contributed by atoms with van der Waals surface area (Å²) in [6, 6.07) is 5.87. The van der Waals surface area contributed by atoms with Crippen LogP contribution in [-0.4, -0.2) is 36.7 Å². The number of H-pyrrole nitrogens is 1. The van der Waals surface area contributed by atoms with Crippen LogP contribution in [0.15, 0.2) is 23.0 Å². The Morgan fingerprint density at radius 2 is 1.91 bits per heavy atom. The summed E-state index contributed by atoms with van der Waals surface area (Å²) in [5.74, 6) is 0.678. The van der Waals surface area contributed by atoms with E-state index in [1.54, 1.807) is 13.2 Å². The minimum atomic E-state index is 0.129. The van der Waals surface area contributed by atoms with Gasteiger partial charge in [-0.3, -0.25) is 9.69 Å². The zero-order chi connectivity index (χ0) is 16.4. The molecule has 1 saturated heterocycles. The number of methoxy groups -OCH3 is 1. The van der Waals surface area contributed by atoms with Crippen molar-refractivity contribution >= 4 is 10.9 Å². The van der Waals surface area contributed by atoms with Gasteiger partial charge in [0.25, 0.3) is 0 Å². The van der Waals surface area contributed by atoms with Gasteiger partial charge in [-0.25, -0.2) is 0 Å². The van der Waals surface area contributed by atoms with Crippen LogP contribution >= 0.6 is 0 Å². The number of likely N-dealkylation sites (tertiary alicyclic amines) is 1. The molecule has 0 spiro atoms. The SMILES string of the molecule is COCC1CCN(Cc2cc(=O)c3c(C)ccc(C)c3[nH]2)CC1. The van der Waals surface area contributed by atoms with Gasteiger partial charge in [-0.05, 0) is 56.8 Å². The average molecular weight is 314 g/mol. The zero-order valence-electron chi connectivity index (χ0n) is 14.3. The Hall–Kier alpha value is -1.65. The third-order valence-electron chi connectivity index (χ3n) is 4.96. The van der Waals surface area contributed by atoms with Gasteiger partial charge in [0.15, 0.2) is 5.43 Å². The Bertz CT molecular complexity index is 743. The molecule has 0 atom stereocenters. The van der Waals surface area contributed by atoms with Crippen molar-refractivity contribution in [3.8, 4) is 0 Å². The maximum atomic E-state index is 12.5. The number of hydrogen-bond donors (Lipinski definition) is 1. The van der Waals surface area contributed by atoms with Gasteiger partial charge in [0.05, 0.1) is 5.52 Å². The van der Waals surface area contributed by atoms with E-state index >= 15 is 0 Å². The molecule has 1 aliphatic rings. The van der Waals surface area contributed by atoms with Gasteiger partial charge < -0.3 is 9.72 Å². The lowest BCUT2D eigenvalue weighted by molar-refractivity contribution is 0.0963. The molecule has 4 nitrogen and oxygen atoms in total. The van der Waals surface area contributed by atoms with E-state index in [1.807, 2.05) is 13.0 Å². The summed E-state index contributed by atoms with van der Waals surface area (Å²) in [5.41, 5.74) is 4.30. The standard InChI is InChI=1S/C19H26N2O2/c1-13-4-5-14(2)19-18(13)17(22)10-16(20-19)11-21-8-6-15(7-9-21)12-23-3/h4-5,10,15H,6-9,11-12H2,1-3H3,(H,20,22). The Labute approximate surface area is 137 Å². The molecular formula is C19H26N2O2. The van der Waals surface area contributed by atoms with E-state index in [-0.39, 0.29) is 5.43 Å². The first kappa shape index (κ1) is 16.2. The number of aromatic nitrogens is 1. The third-order valence-corrected chi connectivity index (χ3v) is 4.96. The Morgan fingerprint density at radius 1 is 1.22 bits per heavy atom. The number of hydrogen-bond acceptors (Lipinski definition) is 3. The predicted octanol–water partition coefficient (Wildman–Crippen LogP) is 3.00. The number of benzene rings is 1. The normalized spacial score (nSPS) is 17.0. The lowest BCUT2D eigenvalue weighted by atomic mass is 9.97. The highest BCUT2D eigenvalue weighted by Crippen LogP contribution is 2.21. The van der Waals surface area contributed by atoms with Crippen LogP contribution in [0.2, 0.25) is 0 Å². The van der Waals surface area contributed by atoms with Gasteiger partial charge in [-0.15, -0.1) is 0 Å². The molecule has 0 bridgehead atoms. The van der Waals surface area contributed by atoms with E-state index in [0.29, 0.717) is 5.92 Å². The van der Waals surface area contributed by atoms with Crippen molar-refractivity contribution in [2.24, 2.45) is 5.92 Å². The molecule has 0 radical (unpaired) electrons. The highest BCUT2D eigenvalue weighted by atomic mass is 16.5. The second-order valence-corrected chi connectivity index (χ2v) is 6.78. The van der Waals surface area contributed by atoms with Crippen molar-refractivity contribution < 1.29 is 4.74 Å². The maximum Gasteiger partial charge on any atom is 0.189 e. The number of aryl methyl sites for hydroxylation is 2. The van der Waals surface area contributed by atoms with E-state index in [1.165, 1.54) is 12.8 Å². The molecule has 124 valence electrons. The number of rotatable bonds is 4. The van der Waals surface area contributed by atoms with E-state index in [2.05, 4.69) is 22.9 Å². The van der Waals surface area contributed by atoms with Crippen molar-refractivity contribution in [1.29, 1.82) is 0 Å². The van der Waals surface area contributed by atoms with Gasteiger partial charge in [-0.1, -0.05) is 12.1 Å². The van der Waals surface area contributed by atoms with Crippen molar-refractivity contribution in [2.45, 2.75) is 33.2 Å². The summed E-state index contributed by atoms with van der Waals surface area (Å²) >= 11 is 0. The summed E-state index contributed by atoms with van der Waals surface area (Å²) < 4.78 is 5.26. The number of fused-ring (bicyclic) bond motifs is 1. The van der Waals surface area contributed by atoms with Gasteiger partial charge >= 0.3 is 0 Å². The highest BCUT2D eigenvalue weighted by molar-refractivity contribution is 5.84. The number of aromatic amines is 1. The Balaban J connectivity index is 1.79. The minimum absolute atomic E-state index is 0.129. The zero-order valence-corrected chi connectivity index (χ0v) is 14.3. The fourth-order valence-corrected chi connectivity index (χ4v) is 3.59. The predicted molar refractivity (Wildman–Crippen MR) is 93.9 cm³/mol. The first-order valence-electron chi connectivity index (χ1n) is 8.42. The van der Waals surface area contributed by atoms with Crippen LogP contribution in [0.1, 0.15) is 29.7 Å². The van der Waals surface area contributed by atoms with Crippen LogP contribution in [-0.2, 0) is 11.3 Å². The average Bonchev–Trinajstić information content (AvgIpc) is 2.53. The molecule has 4 heteroatoms. The first-order chi connectivity index (χ1) is 11.1. The largest absolute Gasteiger partial charge is 0.384 e. The molecule has 2 aromatic rings. The molecule has 0 saturated carbocycles. The molecular weight excluding hydrogens is 288 g/mol. The van der Waals surface area contributed by atoms with Crippen LogP contribution < -0.4 is 5.43 Å². The fourth-order valence-electron chi connectivity index (χ4n) is 3.59. The molecule has 1 fully saturated rings. The minimum Gasteiger partial charge on any atom is -0.384 e. The van der Waals surface area contributed by atoms with E-state index < -0.39 is 0 Å². The molecule has 2 heterocycles. The van der Waals surface area contributed by atoms with E-state index in [0.717, 1.165) is 54.0 Å². The van der Waals surface area contributed by atoms with Crippen molar-refractivity contribution in [2.75, 3.05) is 26.8 Å². The van der Waals surface area contributed by atoms with Crippen LogP contribution in [0.3, 0.4) is 0 Å². The summed E-state index contributed by atoms with van der Waals surface area (Å²) in [7, 11) is 1.77. The lowest BCUT2D eigenvalue weighted by Crippen LogP contribution is -2.35. The summed E-state index contributed by atoms with van der Waals surface area (Å²) in [4.78, 5) is 18.4. The molecule has 23 heavy (non-hydrogen) atoms. The second-order valence-electron chi connectivity index (χ2n) is 6.78. The highest BCUT2D eigenvalue weighted by Gasteiger charge is 2.19. The summed E-state index contributed by atoms with van der Waals surface area (Å²) in [6.07, 6.45) is 2.34. The van der Waals surface area contributed by atoms with Gasteiger partial charge in [0.2, 0.25) is 0 Å². The number of ether oxygens (including phenoxy) is 1. The molecule has 3 rings (SSSR count). The summed E-state index contributed by atoms with van der Waals surface area (Å²) in [5, 5.41) is 0.826. The van der Waals surface area contributed by atoms with Gasteiger partial charge in [0.1, 0.15) is 0 Å². The quantitative estimate of drug-likeness (QED) is 0.943. The number of nitrogens with zero attached hydrogens (tertiary/aromatic N) is 1. The van der Waals surface area contributed by atoms with Gasteiger partial charge in [-0.2, -0.15) is 0 Å². The molecule has 1 aliphatic heterocycles. The number of nitrogens with one attached hydrogen (secondary N) is 1. The topological polar surface area (TPSA) is 45.3 Å². The number of piperidine rings is 1. The van der Waals surface area contributed by atoms with Gasteiger partial charge in [0, 0.05) is 37.4 Å². The second kappa shape index (κ2) is 6.85. The molecule has 1 N–H and O–H groups in total. The van der Waals surface area contributed by atoms with Crippen molar-refractivity contribution in [1.82, 2.24) is 9.88 Å². The third kappa shape index (κ3) is 3.48.